The van der Waals surface area contributed by atoms with E-state index in [-0.39, 0.29) is 0 Å². The van der Waals surface area contributed by atoms with E-state index in [1.165, 1.54) is 0 Å². The Morgan fingerprint density at radius 2 is 2.18 bits per heavy atom. The zero-order chi connectivity index (χ0) is 8.10. The van der Waals surface area contributed by atoms with Gasteiger partial charge in [-0.3, -0.25) is 0 Å². The van der Waals surface area contributed by atoms with Gasteiger partial charge in [0.05, 0.1) is 6.61 Å². The molecular weight excluding hydrogens is 140 g/mol. The molecule has 1 aliphatic rings. The van der Waals surface area contributed by atoms with Gasteiger partial charge in [-0.1, -0.05) is 0 Å². The highest BCUT2D eigenvalue weighted by atomic mass is 16.5. The normalized spacial score (nSPS) is 33.3. The van der Waals surface area contributed by atoms with Crippen molar-refractivity contribution in [3.8, 4) is 0 Å². The molecular formula is C8H18N2O. The molecule has 0 aliphatic carbocycles. The molecule has 11 heavy (non-hydrogen) atoms. The van der Waals surface area contributed by atoms with Gasteiger partial charge in [0, 0.05) is 38.7 Å². The minimum absolute atomic E-state index is 0.594. The van der Waals surface area contributed by atoms with Gasteiger partial charge < -0.3 is 15.4 Å². The van der Waals surface area contributed by atoms with Crippen molar-refractivity contribution in [3.05, 3.63) is 0 Å². The fourth-order valence-corrected chi connectivity index (χ4v) is 1.37. The molecule has 1 fully saturated rings. The van der Waals surface area contributed by atoms with Crippen molar-refractivity contribution in [2.75, 3.05) is 33.4 Å². The first-order valence-corrected chi connectivity index (χ1v) is 4.26. The summed E-state index contributed by atoms with van der Waals surface area (Å²) in [6.07, 6.45) is 0. The first-order chi connectivity index (χ1) is 5.33. The van der Waals surface area contributed by atoms with E-state index in [2.05, 4.69) is 17.6 Å². The van der Waals surface area contributed by atoms with E-state index in [0.29, 0.717) is 12.0 Å². The molecule has 0 aromatic heterocycles. The quantitative estimate of drug-likeness (QED) is 0.585. The monoisotopic (exact) mass is 158 g/mol. The first kappa shape index (κ1) is 8.97. The van der Waals surface area contributed by atoms with E-state index in [0.717, 1.165) is 26.2 Å². The van der Waals surface area contributed by atoms with E-state index in [9.17, 15) is 0 Å². The Morgan fingerprint density at radius 3 is 2.91 bits per heavy atom. The number of ether oxygens (including phenoxy) is 1. The van der Waals surface area contributed by atoms with E-state index < -0.39 is 0 Å². The summed E-state index contributed by atoms with van der Waals surface area (Å²) in [4.78, 5) is 0. The van der Waals surface area contributed by atoms with Crippen LogP contribution < -0.4 is 10.6 Å². The van der Waals surface area contributed by atoms with Crippen LogP contribution in [0.5, 0.6) is 0 Å². The van der Waals surface area contributed by atoms with Crippen LogP contribution in [0.25, 0.3) is 0 Å². The molecule has 0 aromatic carbocycles. The lowest BCUT2D eigenvalue weighted by atomic mass is 10.1. The predicted molar refractivity (Wildman–Crippen MR) is 45.7 cm³/mol. The van der Waals surface area contributed by atoms with Gasteiger partial charge in [0.2, 0.25) is 0 Å². The lowest BCUT2D eigenvalue weighted by molar-refractivity contribution is 0.153. The van der Waals surface area contributed by atoms with Crippen LogP contribution in [-0.2, 0) is 4.74 Å². The van der Waals surface area contributed by atoms with Gasteiger partial charge in [-0.25, -0.2) is 0 Å². The SMILES string of the molecule is COCC1CNCC(C)NC1. The smallest absolute Gasteiger partial charge is 0.0514 e. The fraction of sp³-hybridized carbons (Fsp3) is 1.00. The maximum atomic E-state index is 5.09. The molecule has 2 atom stereocenters. The summed E-state index contributed by atoms with van der Waals surface area (Å²) in [6.45, 7) is 6.27. The van der Waals surface area contributed by atoms with Crippen molar-refractivity contribution in [3.63, 3.8) is 0 Å². The molecule has 0 spiro atoms. The van der Waals surface area contributed by atoms with Crippen molar-refractivity contribution in [2.24, 2.45) is 5.92 Å². The average molecular weight is 158 g/mol. The maximum absolute atomic E-state index is 5.09. The van der Waals surface area contributed by atoms with Crippen LogP contribution in [0.2, 0.25) is 0 Å². The lowest BCUT2D eigenvalue weighted by Gasteiger charge is -2.12. The standard InChI is InChI=1S/C8H18N2O/c1-7-3-9-4-8(5-10-7)6-11-2/h7-10H,3-6H2,1-2H3. The van der Waals surface area contributed by atoms with Gasteiger partial charge in [0.25, 0.3) is 0 Å². The molecule has 1 heterocycles. The van der Waals surface area contributed by atoms with Gasteiger partial charge in [0.15, 0.2) is 0 Å². The van der Waals surface area contributed by atoms with Crippen molar-refractivity contribution < 1.29 is 4.74 Å². The molecule has 2 N–H and O–H groups in total. The molecule has 2 unspecified atom stereocenters. The molecule has 0 aromatic rings. The van der Waals surface area contributed by atoms with Crippen molar-refractivity contribution in [1.82, 2.24) is 10.6 Å². The summed E-state index contributed by atoms with van der Waals surface area (Å²) >= 11 is 0. The highest BCUT2D eigenvalue weighted by Crippen LogP contribution is 1.97. The molecule has 1 aliphatic heterocycles. The summed E-state index contributed by atoms with van der Waals surface area (Å²) in [5.41, 5.74) is 0. The molecule has 1 saturated heterocycles. The van der Waals surface area contributed by atoms with Crippen molar-refractivity contribution >= 4 is 0 Å². The van der Waals surface area contributed by atoms with Crippen LogP contribution in [0.1, 0.15) is 6.92 Å². The fourth-order valence-electron chi connectivity index (χ4n) is 1.37. The van der Waals surface area contributed by atoms with Crippen molar-refractivity contribution in [1.29, 1.82) is 0 Å². The zero-order valence-corrected chi connectivity index (χ0v) is 7.39. The number of methoxy groups -OCH3 is 1. The molecule has 3 nitrogen and oxygen atoms in total. The first-order valence-electron chi connectivity index (χ1n) is 4.26. The number of hydrogen-bond acceptors (Lipinski definition) is 3. The average Bonchev–Trinajstić information content (AvgIpc) is 2.17. The summed E-state index contributed by atoms with van der Waals surface area (Å²) in [6, 6.07) is 0.594. The lowest BCUT2D eigenvalue weighted by Crippen LogP contribution is -2.32. The molecule has 0 radical (unpaired) electrons. The van der Waals surface area contributed by atoms with Gasteiger partial charge >= 0.3 is 0 Å². The summed E-state index contributed by atoms with van der Waals surface area (Å²) in [5.74, 6) is 0.630. The van der Waals surface area contributed by atoms with Crippen LogP contribution in [0, 0.1) is 5.92 Å². The minimum Gasteiger partial charge on any atom is -0.384 e. The second-order valence-corrected chi connectivity index (χ2v) is 3.29. The highest BCUT2D eigenvalue weighted by Gasteiger charge is 2.13. The summed E-state index contributed by atoms with van der Waals surface area (Å²) in [7, 11) is 1.76. The highest BCUT2D eigenvalue weighted by molar-refractivity contribution is 4.74. The van der Waals surface area contributed by atoms with E-state index in [1.54, 1.807) is 7.11 Å². The van der Waals surface area contributed by atoms with Crippen LogP contribution in [0.3, 0.4) is 0 Å². The molecule has 3 heteroatoms. The number of nitrogens with one attached hydrogen (secondary N) is 2. The molecule has 0 saturated carbocycles. The van der Waals surface area contributed by atoms with E-state index >= 15 is 0 Å². The summed E-state index contributed by atoms with van der Waals surface area (Å²) < 4.78 is 5.09. The third-order valence-electron chi connectivity index (χ3n) is 2.04. The Balaban J connectivity index is 2.22. The van der Waals surface area contributed by atoms with Gasteiger partial charge in [-0.15, -0.1) is 0 Å². The van der Waals surface area contributed by atoms with E-state index in [4.69, 9.17) is 4.74 Å². The minimum atomic E-state index is 0.594. The largest absolute Gasteiger partial charge is 0.384 e. The Hall–Kier alpha value is -0.120. The van der Waals surface area contributed by atoms with Crippen molar-refractivity contribution in [2.45, 2.75) is 13.0 Å². The van der Waals surface area contributed by atoms with Crippen LogP contribution in [0.15, 0.2) is 0 Å². The number of rotatable bonds is 2. The second kappa shape index (κ2) is 4.70. The maximum Gasteiger partial charge on any atom is 0.0514 e. The third-order valence-corrected chi connectivity index (χ3v) is 2.04. The van der Waals surface area contributed by atoms with Crippen LogP contribution >= 0.6 is 0 Å². The zero-order valence-electron chi connectivity index (χ0n) is 7.39. The topological polar surface area (TPSA) is 33.3 Å². The molecule has 1 rings (SSSR count). The van der Waals surface area contributed by atoms with Crippen LogP contribution in [0.4, 0.5) is 0 Å². The Bertz CT molecular complexity index is 108. The third kappa shape index (κ3) is 3.18. The molecule has 0 amide bonds. The Kier molecular flexibility index (Phi) is 3.83. The Morgan fingerprint density at radius 1 is 1.36 bits per heavy atom. The Labute approximate surface area is 68.5 Å². The molecule has 66 valence electrons. The molecule has 0 bridgehead atoms. The number of hydrogen-bond donors (Lipinski definition) is 2. The van der Waals surface area contributed by atoms with E-state index in [1.807, 2.05) is 0 Å². The predicted octanol–water partition coefficient (Wildman–Crippen LogP) is -0.170. The second-order valence-electron chi connectivity index (χ2n) is 3.29. The van der Waals surface area contributed by atoms with Gasteiger partial charge in [0.1, 0.15) is 0 Å². The van der Waals surface area contributed by atoms with Gasteiger partial charge in [-0.2, -0.15) is 0 Å². The van der Waals surface area contributed by atoms with Gasteiger partial charge in [-0.05, 0) is 6.92 Å². The van der Waals surface area contributed by atoms with Crippen LogP contribution in [-0.4, -0.2) is 39.4 Å². The summed E-state index contributed by atoms with van der Waals surface area (Å²) in [5, 5.41) is 6.83.